The van der Waals surface area contributed by atoms with Gasteiger partial charge in [-0.1, -0.05) is 54.6 Å². The third-order valence-electron chi connectivity index (χ3n) is 7.27. The highest BCUT2D eigenvalue weighted by Crippen LogP contribution is 2.37. The molecule has 4 nitrogen and oxygen atoms in total. The predicted molar refractivity (Wildman–Crippen MR) is 160 cm³/mol. The summed E-state index contributed by atoms with van der Waals surface area (Å²) in [7, 11) is -0.818. The fraction of sp³-hybridized carbons (Fsp3) is 0. The molecule has 0 spiro atoms. The lowest BCUT2D eigenvalue weighted by Gasteiger charge is -2.20. The van der Waals surface area contributed by atoms with Crippen LogP contribution in [0.5, 0.6) is 0 Å². The Kier molecular flexibility index (Phi) is 4.76. The Morgan fingerprint density at radius 3 is 2.24 bits per heavy atom. The number of hydrogen-bond acceptors (Lipinski definition) is 3. The lowest BCUT2D eigenvalue weighted by molar-refractivity contribution is 1.32. The molecule has 4 heterocycles. The van der Waals surface area contributed by atoms with Crippen molar-refractivity contribution in [2.75, 3.05) is 0 Å². The minimum Gasteiger partial charge on any atom is -0.292 e. The Hall–Kier alpha value is -4.66. The summed E-state index contributed by atoms with van der Waals surface area (Å²) in [6.45, 7) is 0. The van der Waals surface area contributed by atoms with Gasteiger partial charge in [0, 0.05) is 34.7 Å². The van der Waals surface area contributed by atoms with Crippen LogP contribution in [-0.4, -0.2) is 19.4 Å². The van der Waals surface area contributed by atoms with Gasteiger partial charge in [0.1, 0.15) is 5.65 Å². The van der Waals surface area contributed by atoms with Crippen molar-refractivity contribution in [3.63, 3.8) is 0 Å². The summed E-state index contributed by atoms with van der Waals surface area (Å²) in [6, 6.07) is 39.0. The van der Waals surface area contributed by atoms with E-state index in [9.17, 15) is 0 Å². The Bertz CT molecular complexity index is 2150. The van der Waals surface area contributed by atoms with Gasteiger partial charge in [-0.25, -0.2) is 4.98 Å². The summed E-state index contributed by atoms with van der Waals surface area (Å²) in [4.78, 5) is 14.0. The van der Waals surface area contributed by atoms with Crippen LogP contribution in [-0.2, 0) is 0 Å². The van der Waals surface area contributed by atoms with E-state index in [0.717, 1.165) is 33.0 Å². The van der Waals surface area contributed by atoms with Crippen molar-refractivity contribution in [1.82, 2.24) is 19.4 Å². The molecule has 8 rings (SSSR count). The van der Waals surface area contributed by atoms with E-state index in [2.05, 4.69) is 117 Å². The standard InChI is InChI=1S/C33H21N4P/c1-3-9-31-26(7-1)28-20-24(13-14-27(28)33-36-29-8-2-4-10-32(29)37(31)33)38(23-15-18-34-19-16-23)25-12-11-22-6-5-17-35-30(22)21-25/h1-21H. The lowest BCUT2D eigenvalue weighted by atomic mass is 10.1. The maximum Gasteiger partial charge on any atom is 0.146 e. The fourth-order valence-electron chi connectivity index (χ4n) is 5.57. The normalized spacial score (nSPS) is 12.6. The van der Waals surface area contributed by atoms with Crippen LogP contribution >= 0.6 is 7.92 Å². The second kappa shape index (κ2) is 8.44. The fourth-order valence-corrected chi connectivity index (χ4v) is 7.85. The lowest BCUT2D eigenvalue weighted by Crippen LogP contribution is -2.21. The van der Waals surface area contributed by atoms with E-state index in [1.165, 1.54) is 32.2 Å². The summed E-state index contributed by atoms with van der Waals surface area (Å²) in [6.07, 6.45) is 5.64. The molecular formula is C33H21N4P. The van der Waals surface area contributed by atoms with Gasteiger partial charge in [-0.3, -0.25) is 14.4 Å². The largest absolute Gasteiger partial charge is 0.292 e. The molecule has 0 bridgehead atoms. The molecule has 0 saturated heterocycles. The van der Waals surface area contributed by atoms with Crippen molar-refractivity contribution in [1.29, 1.82) is 0 Å². The van der Waals surface area contributed by atoms with Crippen LogP contribution in [0.15, 0.2) is 128 Å². The predicted octanol–water partition coefficient (Wildman–Crippen LogP) is 6.50. The quantitative estimate of drug-likeness (QED) is 0.204. The number of fused-ring (bicyclic) bond motifs is 9. The Balaban J connectivity index is 1.44. The first-order valence-electron chi connectivity index (χ1n) is 12.6. The molecule has 0 aliphatic rings. The first kappa shape index (κ1) is 21.4. The van der Waals surface area contributed by atoms with Gasteiger partial charge in [-0.05, 0) is 83.8 Å². The van der Waals surface area contributed by atoms with Gasteiger partial charge in [0.15, 0.2) is 0 Å². The second-order valence-corrected chi connectivity index (χ2v) is 11.6. The molecule has 1 atom stereocenters. The molecule has 1 unspecified atom stereocenters. The Morgan fingerprint density at radius 2 is 1.32 bits per heavy atom. The number of nitrogens with zero attached hydrogens (tertiary/aromatic N) is 4. The Morgan fingerprint density at radius 1 is 0.526 bits per heavy atom. The molecule has 178 valence electrons. The number of imidazole rings is 1. The molecule has 38 heavy (non-hydrogen) atoms. The molecule has 0 fully saturated rings. The number of pyridine rings is 3. The zero-order valence-corrected chi connectivity index (χ0v) is 21.3. The zero-order valence-electron chi connectivity index (χ0n) is 20.4. The van der Waals surface area contributed by atoms with Crippen LogP contribution in [0.2, 0.25) is 0 Å². The molecule has 0 amide bonds. The van der Waals surface area contributed by atoms with Crippen LogP contribution < -0.4 is 15.9 Å². The van der Waals surface area contributed by atoms with Crippen molar-refractivity contribution in [3.05, 3.63) is 128 Å². The number of aromatic nitrogens is 4. The highest BCUT2D eigenvalue weighted by atomic mass is 31.1. The topological polar surface area (TPSA) is 43.1 Å². The van der Waals surface area contributed by atoms with E-state index in [1.807, 2.05) is 24.7 Å². The van der Waals surface area contributed by atoms with Gasteiger partial charge in [-0.2, -0.15) is 0 Å². The first-order valence-corrected chi connectivity index (χ1v) is 14.0. The molecule has 0 aliphatic heterocycles. The maximum atomic E-state index is 5.07. The molecule has 5 heteroatoms. The SMILES string of the molecule is c1cnc2cc(P(c3ccncc3)c3ccc4c(c3)c3ccccc3n3c5ccccc5nc43)ccc2c1. The van der Waals surface area contributed by atoms with Gasteiger partial charge < -0.3 is 0 Å². The number of para-hydroxylation sites is 3. The van der Waals surface area contributed by atoms with E-state index in [0.29, 0.717) is 0 Å². The van der Waals surface area contributed by atoms with Gasteiger partial charge in [-0.15, -0.1) is 0 Å². The molecule has 0 saturated carbocycles. The van der Waals surface area contributed by atoms with Crippen molar-refractivity contribution in [2.45, 2.75) is 0 Å². The van der Waals surface area contributed by atoms with E-state index in [4.69, 9.17) is 4.98 Å². The summed E-state index contributed by atoms with van der Waals surface area (Å²) in [5.74, 6) is 0. The second-order valence-electron chi connectivity index (χ2n) is 9.43. The van der Waals surface area contributed by atoms with Crippen molar-refractivity contribution < 1.29 is 0 Å². The van der Waals surface area contributed by atoms with E-state index in [1.54, 1.807) is 0 Å². The minimum absolute atomic E-state index is 0.818. The van der Waals surface area contributed by atoms with Crippen LogP contribution in [0.3, 0.4) is 0 Å². The number of rotatable bonds is 3. The third-order valence-corrected chi connectivity index (χ3v) is 9.67. The summed E-state index contributed by atoms with van der Waals surface area (Å²) >= 11 is 0. The highest BCUT2D eigenvalue weighted by molar-refractivity contribution is 7.79. The molecular weight excluding hydrogens is 483 g/mol. The average molecular weight is 505 g/mol. The molecule has 0 radical (unpaired) electrons. The Labute approximate surface area is 220 Å². The van der Waals surface area contributed by atoms with Crippen LogP contribution in [0.1, 0.15) is 0 Å². The zero-order chi connectivity index (χ0) is 25.1. The van der Waals surface area contributed by atoms with E-state index < -0.39 is 7.92 Å². The molecule has 4 aromatic carbocycles. The molecule has 0 N–H and O–H groups in total. The molecule has 8 aromatic rings. The molecule has 4 aromatic heterocycles. The van der Waals surface area contributed by atoms with Crippen LogP contribution in [0.25, 0.3) is 49.3 Å². The number of hydrogen-bond donors (Lipinski definition) is 0. The van der Waals surface area contributed by atoms with Gasteiger partial charge in [0.2, 0.25) is 0 Å². The van der Waals surface area contributed by atoms with Crippen molar-refractivity contribution in [3.8, 4) is 0 Å². The van der Waals surface area contributed by atoms with Gasteiger partial charge >= 0.3 is 0 Å². The maximum absolute atomic E-state index is 5.07. The monoisotopic (exact) mass is 504 g/mol. The van der Waals surface area contributed by atoms with Crippen LogP contribution in [0.4, 0.5) is 0 Å². The smallest absolute Gasteiger partial charge is 0.146 e. The third kappa shape index (κ3) is 3.24. The van der Waals surface area contributed by atoms with Crippen LogP contribution in [0, 0.1) is 0 Å². The first-order chi connectivity index (χ1) is 18.8. The minimum atomic E-state index is -0.818. The average Bonchev–Trinajstić information content (AvgIpc) is 3.38. The highest BCUT2D eigenvalue weighted by Gasteiger charge is 2.20. The van der Waals surface area contributed by atoms with Crippen molar-refractivity contribution >= 4 is 73.1 Å². The summed E-state index contributed by atoms with van der Waals surface area (Å²) in [5, 5.41) is 8.59. The summed E-state index contributed by atoms with van der Waals surface area (Å²) < 4.78 is 2.30. The number of benzene rings is 4. The van der Waals surface area contributed by atoms with E-state index in [-0.39, 0.29) is 0 Å². The van der Waals surface area contributed by atoms with Gasteiger partial charge in [0.05, 0.1) is 22.1 Å². The van der Waals surface area contributed by atoms with Gasteiger partial charge in [0.25, 0.3) is 0 Å². The summed E-state index contributed by atoms with van der Waals surface area (Å²) in [5.41, 5.74) is 5.33. The van der Waals surface area contributed by atoms with E-state index >= 15 is 0 Å². The van der Waals surface area contributed by atoms with Crippen molar-refractivity contribution in [2.24, 2.45) is 0 Å². The molecule has 0 aliphatic carbocycles.